The number of nitrogens with one attached hydrogen (secondary N) is 2. The van der Waals surface area contributed by atoms with Gasteiger partial charge in [-0.25, -0.2) is 0 Å². The molecule has 4 heteroatoms. The molecule has 0 atom stereocenters. The Bertz CT molecular complexity index is 353. The van der Waals surface area contributed by atoms with Crippen LogP contribution in [0.1, 0.15) is 18.9 Å². The van der Waals surface area contributed by atoms with Crippen LogP contribution in [-0.2, 0) is 16.1 Å². The number of carbonyl (C=O) groups is 1. The third-order valence-corrected chi connectivity index (χ3v) is 2.34. The number of hydrogen-bond acceptors (Lipinski definition) is 3. The van der Waals surface area contributed by atoms with Crippen molar-refractivity contribution >= 4 is 11.6 Å². The van der Waals surface area contributed by atoms with Gasteiger partial charge in [0.2, 0.25) is 5.91 Å². The second kappa shape index (κ2) is 7.81. The van der Waals surface area contributed by atoms with Crippen LogP contribution in [0.3, 0.4) is 0 Å². The molecule has 2 N–H and O–H groups in total. The Hall–Kier alpha value is -1.39. The van der Waals surface area contributed by atoms with Crippen LogP contribution in [0.4, 0.5) is 5.69 Å². The highest BCUT2D eigenvalue weighted by Gasteiger charge is 2.05. The Morgan fingerprint density at radius 1 is 1.35 bits per heavy atom. The second-order valence-electron chi connectivity index (χ2n) is 3.68. The minimum absolute atomic E-state index is 0.0120. The summed E-state index contributed by atoms with van der Waals surface area (Å²) < 4.78 is 5.15. The van der Waals surface area contributed by atoms with Gasteiger partial charge in [-0.2, -0.15) is 0 Å². The Labute approximate surface area is 102 Å². The quantitative estimate of drug-likeness (QED) is 0.709. The molecule has 0 aliphatic rings. The molecule has 0 unspecified atom stereocenters. The Morgan fingerprint density at radius 3 is 2.82 bits per heavy atom. The van der Waals surface area contributed by atoms with Crippen molar-refractivity contribution in [2.75, 3.05) is 25.6 Å². The van der Waals surface area contributed by atoms with E-state index < -0.39 is 0 Å². The molecule has 1 aromatic rings. The molecule has 0 aromatic heterocycles. The fourth-order valence-electron chi connectivity index (χ4n) is 1.51. The lowest BCUT2D eigenvalue weighted by Crippen LogP contribution is -2.16. The normalized spacial score (nSPS) is 10.2. The van der Waals surface area contributed by atoms with Crippen molar-refractivity contribution in [2.24, 2.45) is 0 Å². The molecule has 0 fully saturated rings. The average molecular weight is 236 g/mol. The molecule has 1 aromatic carbocycles. The SMILES string of the molecule is CCOCCC(=O)Nc1ccccc1CNC. The van der Waals surface area contributed by atoms with Gasteiger partial charge in [0.1, 0.15) is 0 Å². The Balaban J connectivity index is 2.52. The van der Waals surface area contributed by atoms with Crippen LogP contribution < -0.4 is 10.6 Å². The largest absolute Gasteiger partial charge is 0.381 e. The molecule has 17 heavy (non-hydrogen) atoms. The molecule has 94 valence electrons. The van der Waals surface area contributed by atoms with E-state index in [1.807, 2.05) is 38.2 Å². The van der Waals surface area contributed by atoms with E-state index in [-0.39, 0.29) is 5.91 Å². The number of carbonyl (C=O) groups excluding carboxylic acids is 1. The summed E-state index contributed by atoms with van der Waals surface area (Å²) in [6.07, 6.45) is 0.391. The summed E-state index contributed by atoms with van der Waals surface area (Å²) in [7, 11) is 1.88. The molecule has 0 bridgehead atoms. The number of amides is 1. The topological polar surface area (TPSA) is 50.4 Å². The molecule has 0 spiro atoms. The maximum absolute atomic E-state index is 11.6. The highest BCUT2D eigenvalue weighted by molar-refractivity contribution is 5.91. The molecule has 0 saturated heterocycles. The maximum Gasteiger partial charge on any atom is 0.226 e. The van der Waals surface area contributed by atoms with Gasteiger partial charge in [-0.3, -0.25) is 4.79 Å². The predicted molar refractivity (Wildman–Crippen MR) is 68.9 cm³/mol. The maximum atomic E-state index is 11.6. The van der Waals surface area contributed by atoms with Crippen molar-refractivity contribution < 1.29 is 9.53 Å². The van der Waals surface area contributed by atoms with E-state index in [1.54, 1.807) is 0 Å². The van der Waals surface area contributed by atoms with E-state index in [9.17, 15) is 4.79 Å². The first-order valence-electron chi connectivity index (χ1n) is 5.88. The van der Waals surface area contributed by atoms with E-state index in [4.69, 9.17) is 4.74 Å². The van der Waals surface area contributed by atoms with Gasteiger partial charge in [0.25, 0.3) is 0 Å². The molecule has 0 aliphatic heterocycles. The van der Waals surface area contributed by atoms with Crippen LogP contribution in [0.5, 0.6) is 0 Å². The molecule has 0 aliphatic carbocycles. The summed E-state index contributed by atoms with van der Waals surface area (Å²) in [5, 5.41) is 5.97. The van der Waals surface area contributed by atoms with Crippen LogP contribution in [0.25, 0.3) is 0 Å². The number of rotatable bonds is 7. The Kier molecular flexibility index (Phi) is 6.29. The first kappa shape index (κ1) is 13.7. The zero-order valence-electron chi connectivity index (χ0n) is 10.5. The van der Waals surface area contributed by atoms with Crippen LogP contribution >= 0.6 is 0 Å². The summed E-state index contributed by atoms with van der Waals surface area (Å²) in [4.78, 5) is 11.6. The molecule has 4 nitrogen and oxygen atoms in total. The standard InChI is InChI=1S/C13H20N2O2/c1-3-17-9-8-13(16)15-12-7-5-4-6-11(12)10-14-2/h4-7,14H,3,8-10H2,1-2H3,(H,15,16). The lowest BCUT2D eigenvalue weighted by molar-refractivity contribution is -0.117. The monoisotopic (exact) mass is 236 g/mol. The third kappa shape index (κ3) is 4.97. The van der Waals surface area contributed by atoms with Gasteiger partial charge in [0.05, 0.1) is 13.0 Å². The van der Waals surface area contributed by atoms with Crippen LogP contribution in [0, 0.1) is 0 Å². The summed E-state index contributed by atoms with van der Waals surface area (Å²) in [5.74, 6) is -0.0120. The number of benzene rings is 1. The number of para-hydroxylation sites is 1. The van der Waals surface area contributed by atoms with Crippen molar-refractivity contribution in [3.8, 4) is 0 Å². The van der Waals surface area contributed by atoms with Crippen molar-refractivity contribution in [1.82, 2.24) is 5.32 Å². The van der Waals surface area contributed by atoms with Gasteiger partial charge < -0.3 is 15.4 Å². The fourth-order valence-corrected chi connectivity index (χ4v) is 1.51. The zero-order chi connectivity index (χ0) is 12.5. The summed E-state index contributed by atoms with van der Waals surface area (Å²) in [5.41, 5.74) is 1.95. The van der Waals surface area contributed by atoms with Crippen LogP contribution in [0.15, 0.2) is 24.3 Å². The summed E-state index contributed by atoms with van der Waals surface area (Å²) >= 11 is 0. The smallest absolute Gasteiger partial charge is 0.226 e. The number of anilines is 1. The molecule has 0 saturated carbocycles. The van der Waals surface area contributed by atoms with E-state index in [2.05, 4.69) is 10.6 Å². The predicted octanol–water partition coefficient (Wildman–Crippen LogP) is 1.77. The average Bonchev–Trinajstić information content (AvgIpc) is 2.32. The fraction of sp³-hybridized carbons (Fsp3) is 0.462. The van der Waals surface area contributed by atoms with Gasteiger partial charge in [-0.1, -0.05) is 18.2 Å². The molecule has 0 radical (unpaired) electrons. The second-order valence-corrected chi connectivity index (χ2v) is 3.68. The van der Waals surface area contributed by atoms with E-state index >= 15 is 0 Å². The minimum Gasteiger partial charge on any atom is -0.381 e. The lowest BCUT2D eigenvalue weighted by atomic mass is 10.1. The molecular formula is C13H20N2O2. The van der Waals surface area contributed by atoms with Gasteiger partial charge in [0, 0.05) is 18.8 Å². The highest BCUT2D eigenvalue weighted by atomic mass is 16.5. The van der Waals surface area contributed by atoms with Crippen LogP contribution in [-0.4, -0.2) is 26.2 Å². The van der Waals surface area contributed by atoms with Crippen LogP contribution in [0.2, 0.25) is 0 Å². The zero-order valence-corrected chi connectivity index (χ0v) is 10.5. The summed E-state index contributed by atoms with van der Waals surface area (Å²) in [6.45, 7) is 3.77. The molecule has 1 amide bonds. The minimum atomic E-state index is -0.0120. The van der Waals surface area contributed by atoms with Crippen molar-refractivity contribution in [3.63, 3.8) is 0 Å². The van der Waals surface area contributed by atoms with Gasteiger partial charge in [-0.15, -0.1) is 0 Å². The lowest BCUT2D eigenvalue weighted by Gasteiger charge is -2.10. The van der Waals surface area contributed by atoms with E-state index in [1.165, 1.54) is 0 Å². The first-order valence-corrected chi connectivity index (χ1v) is 5.88. The van der Waals surface area contributed by atoms with E-state index in [0.29, 0.717) is 19.6 Å². The molecule has 0 heterocycles. The van der Waals surface area contributed by atoms with Crippen molar-refractivity contribution in [1.29, 1.82) is 0 Å². The summed E-state index contributed by atoms with van der Waals surface area (Å²) in [6, 6.07) is 7.78. The Morgan fingerprint density at radius 2 is 2.12 bits per heavy atom. The number of ether oxygens (including phenoxy) is 1. The highest BCUT2D eigenvalue weighted by Crippen LogP contribution is 2.14. The third-order valence-electron chi connectivity index (χ3n) is 2.34. The van der Waals surface area contributed by atoms with Gasteiger partial charge in [-0.05, 0) is 25.6 Å². The molecule has 1 rings (SSSR count). The number of hydrogen-bond donors (Lipinski definition) is 2. The van der Waals surface area contributed by atoms with Crippen molar-refractivity contribution in [3.05, 3.63) is 29.8 Å². The van der Waals surface area contributed by atoms with E-state index in [0.717, 1.165) is 17.8 Å². The van der Waals surface area contributed by atoms with Gasteiger partial charge in [0.15, 0.2) is 0 Å². The molecular weight excluding hydrogens is 216 g/mol. The van der Waals surface area contributed by atoms with Crippen molar-refractivity contribution in [2.45, 2.75) is 19.9 Å². The van der Waals surface area contributed by atoms with Gasteiger partial charge >= 0.3 is 0 Å². The first-order chi connectivity index (χ1) is 8.27.